The van der Waals surface area contributed by atoms with Crippen molar-refractivity contribution in [3.8, 4) is 0 Å². The molecule has 0 saturated heterocycles. The van der Waals surface area contributed by atoms with E-state index in [0.29, 0.717) is 24.5 Å². The van der Waals surface area contributed by atoms with E-state index in [9.17, 15) is 4.79 Å². The monoisotopic (exact) mass is 312 g/mol. The molecule has 1 fully saturated rings. The molecule has 0 bridgehead atoms. The smallest absolute Gasteiger partial charge is 0.407 e. The zero-order valence-electron chi connectivity index (χ0n) is 15.4. The van der Waals surface area contributed by atoms with Crippen LogP contribution in [0.25, 0.3) is 0 Å². The Hall–Kier alpha value is -0.770. The summed E-state index contributed by atoms with van der Waals surface area (Å²) in [5, 5.41) is 6.75. The van der Waals surface area contributed by atoms with Crippen LogP contribution >= 0.6 is 0 Å². The van der Waals surface area contributed by atoms with E-state index in [1.54, 1.807) is 0 Å². The van der Waals surface area contributed by atoms with Gasteiger partial charge in [-0.25, -0.2) is 4.79 Å². The first-order valence-electron chi connectivity index (χ1n) is 8.99. The van der Waals surface area contributed by atoms with Crippen molar-refractivity contribution in [2.45, 2.75) is 91.3 Å². The normalized spacial score (nSPS) is 23.6. The standard InChI is InChI=1S/C18H36N2O2/c1-7-14(8-2)13(3)20-16-11-9-10-15(16)12-19-17(21)22-18(4,5)6/h13-16,20H,7-12H2,1-6H3,(H,19,21). The molecule has 3 atom stereocenters. The third-order valence-electron chi connectivity index (χ3n) is 4.80. The lowest BCUT2D eigenvalue weighted by Gasteiger charge is -2.30. The summed E-state index contributed by atoms with van der Waals surface area (Å²) in [6.45, 7) is 13.2. The Kier molecular flexibility index (Phi) is 7.67. The van der Waals surface area contributed by atoms with Gasteiger partial charge in [-0.3, -0.25) is 0 Å². The van der Waals surface area contributed by atoms with Gasteiger partial charge in [0.2, 0.25) is 0 Å². The van der Waals surface area contributed by atoms with Gasteiger partial charge in [-0.05, 0) is 52.4 Å². The quantitative estimate of drug-likeness (QED) is 0.744. The number of carbonyl (C=O) groups is 1. The summed E-state index contributed by atoms with van der Waals surface area (Å²) < 4.78 is 5.32. The molecule has 4 heteroatoms. The first-order valence-corrected chi connectivity index (χ1v) is 8.99. The zero-order chi connectivity index (χ0) is 16.8. The highest BCUT2D eigenvalue weighted by molar-refractivity contribution is 5.67. The van der Waals surface area contributed by atoms with Gasteiger partial charge >= 0.3 is 6.09 Å². The fraction of sp³-hybridized carbons (Fsp3) is 0.944. The molecule has 1 saturated carbocycles. The summed E-state index contributed by atoms with van der Waals surface area (Å²) in [5.74, 6) is 1.25. The van der Waals surface area contributed by atoms with Gasteiger partial charge in [0.1, 0.15) is 5.60 Å². The molecule has 0 heterocycles. The van der Waals surface area contributed by atoms with E-state index < -0.39 is 5.60 Å². The summed E-state index contributed by atoms with van der Waals surface area (Å²) in [6.07, 6.45) is 5.78. The minimum atomic E-state index is -0.429. The van der Waals surface area contributed by atoms with Crippen LogP contribution in [-0.2, 0) is 4.74 Å². The number of ether oxygens (including phenoxy) is 1. The number of alkyl carbamates (subject to hydrolysis) is 1. The van der Waals surface area contributed by atoms with Crippen molar-refractivity contribution < 1.29 is 9.53 Å². The average molecular weight is 312 g/mol. The lowest BCUT2D eigenvalue weighted by molar-refractivity contribution is 0.0517. The predicted molar refractivity (Wildman–Crippen MR) is 92.0 cm³/mol. The molecule has 1 rings (SSSR count). The van der Waals surface area contributed by atoms with Gasteiger partial charge < -0.3 is 15.4 Å². The lowest BCUT2D eigenvalue weighted by Crippen LogP contribution is -2.46. The van der Waals surface area contributed by atoms with Crippen LogP contribution in [0.15, 0.2) is 0 Å². The van der Waals surface area contributed by atoms with Gasteiger partial charge in [-0.1, -0.05) is 33.1 Å². The van der Waals surface area contributed by atoms with E-state index in [0.717, 1.165) is 5.92 Å². The number of hydrogen-bond acceptors (Lipinski definition) is 3. The summed E-state index contributed by atoms with van der Waals surface area (Å²) in [7, 11) is 0. The maximum Gasteiger partial charge on any atom is 0.407 e. The Morgan fingerprint density at radius 1 is 1.23 bits per heavy atom. The van der Waals surface area contributed by atoms with Crippen LogP contribution < -0.4 is 10.6 Å². The van der Waals surface area contributed by atoms with E-state index in [4.69, 9.17) is 4.74 Å². The molecular formula is C18H36N2O2. The van der Waals surface area contributed by atoms with E-state index in [1.807, 2.05) is 20.8 Å². The number of nitrogens with one attached hydrogen (secondary N) is 2. The van der Waals surface area contributed by atoms with Gasteiger partial charge in [0.05, 0.1) is 0 Å². The Morgan fingerprint density at radius 2 is 1.86 bits per heavy atom. The Labute approximate surface area is 136 Å². The second-order valence-electron chi connectivity index (χ2n) is 7.71. The van der Waals surface area contributed by atoms with Crippen molar-refractivity contribution in [1.29, 1.82) is 0 Å². The SMILES string of the molecule is CCC(CC)C(C)NC1CCCC1CNC(=O)OC(C)(C)C. The molecule has 0 aromatic carbocycles. The number of hydrogen-bond donors (Lipinski definition) is 2. The van der Waals surface area contributed by atoms with Crippen molar-refractivity contribution in [1.82, 2.24) is 10.6 Å². The van der Waals surface area contributed by atoms with Crippen LogP contribution in [0, 0.1) is 11.8 Å². The van der Waals surface area contributed by atoms with Crippen molar-refractivity contribution in [2.24, 2.45) is 11.8 Å². The molecule has 0 aliphatic heterocycles. The number of rotatable bonds is 7. The number of amides is 1. The summed E-state index contributed by atoms with van der Waals surface area (Å²) in [5.41, 5.74) is -0.429. The molecule has 22 heavy (non-hydrogen) atoms. The minimum absolute atomic E-state index is 0.300. The Bertz CT molecular complexity index is 334. The van der Waals surface area contributed by atoms with Crippen molar-refractivity contribution in [3.63, 3.8) is 0 Å². The lowest BCUT2D eigenvalue weighted by atomic mass is 9.93. The highest BCUT2D eigenvalue weighted by Gasteiger charge is 2.30. The van der Waals surface area contributed by atoms with Gasteiger partial charge in [0.15, 0.2) is 0 Å². The van der Waals surface area contributed by atoms with Crippen LogP contribution in [-0.4, -0.2) is 30.3 Å². The molecule has 0 aromatic rings. The van der Waals surface area contributed by atoms with E-state index in [-0.39, 0.29) is 6.09 Å². The second-order valence-corrected chi connectivity index (χ2v) is 7.71. The molecule has 0 spiro atoms. The van der Waals surface area contributed by atoms with Gasteiger partial charge in [0.25, 0.3) is 0 Å². The molecule has 1 amide bonds. The molecule has 0 aromatic heterocycles. The molecule has 1 aliphatic carbocycles. The van der Waals surface area contributed by atoms with Crippen LogP contribution in [0.5, 0.6) is 0 Å². The second kappa shape index (κ2) is 8.76. The summed E-state index contributed by atoms with van der Waals surface area (Å²) in [4.78, 5) is 11.8. The van der Waals surface area contributed by atoms with Crippen LogP contribution in [0.3, 0.4) is 0 Å². The van der Waals surface area contributed by atoms with Gasteiger partial charge in [-0.2, -0.15) is 0 Å². The molecule has 4 nitrogen and oxygen atoms in total. The highest BCUT2D eigenvalue weighted by Crippen LogP contribution is 2.27. The summed E-state index contributed by atoms with van der Waals surface area (Å²) in [6, 6.07) is 1.06. The van der Waals surface area contributed by atoms with E-state index in [2.05, 4.69) is 31.4 Å². The molecule has 0 radical (unpaired) electrons. The molecular weight excluding hydrogens is 276 g/mol. The Balaban J connectivity index is 2.41. The predicted octanol–water partition coefficient (Wildman–Crippen LogP) is 4.09. The van der Waals surface area contributed by atoms with Crippen molar-refractivity contribution in [2.75, 3.05) is 6.54 Å². The largest absolute Gasteiger partial charge is 0.444 e. The van der Waals surface area contributed by atoms with E-state index in [1.165, 1.54) is 32.1 Å². The van der Waals surface area contributed by atoms with Crippen LogP contribution in [0.1, 0.15) is 73.6 Å². The number of carbonyl (C=O) groups excluding carboxylic acids is 1. The van der Waals surface area contributed by atoms with Crippen LogP contribution in [0.2, 0.25) is 0 Å². The fourth-order valence-corrected chi connectivity index (χ4v) is 3.50. The molecule has 130 valence electrons. The molecule has 3 unspecified atom stereocenters. The average Bonchev–Trinajstić information content (AvgIpc) is 2.83. The van der Waals surface area contributed by atoms with Crippen molar-refractivity contribution >= 4 is 6.09 Å². The maximum absolute atomic E-state index is 11.8. The fourth-order valence-electron chi connectivity index (χ4n) is 3.50. The molecule has 2 N–H and O–H groups in total. The molecule has 1 aliphatic rings. The summed E-state index contributed by atoms with van der Waals surface area (Å²) >= 11 is 0. The third-order valence-corrected chi connectivity index (χ3v) is 4.80. The zero-order valence-corrected chi connectivity index (χ0v) is 15.4. The topological polar surface area (TPSA) is 50.4 Å². The third kappa shape index (κ3) is 6.55. The van der Waals surface area contributed by atoms with E-state index >= 15 is 0 Å². The Morgan fingerprint density at radius 3 is 2.41 bits per heavy atom. The highest BCUT2D eigenvalue weighted by atomic mass is 16.6. The first kappa shape index (κ1) is 19.3. The van der Waals surface area contributed by atoms with Crippen LogP contribution in [0.4, 0.5) is 4.79 Å². The van der Waals surface area contributed by atoms with Gasteiger partial charge in [0, 0.05) is 18.6 Å². The maximum atomic E-state index is 11.8. The van der Waals surface area contributed by atoms with Crippen molar-refractivity contribution in [3.05, 3.63) is 0 Å². The van der Waals surface area contributed by atoms with Gasteiger partial charge in [-0.15, -0.1) is 0 Å². The first-order chi connectivity index (χ1) is 10.3. The minimum Gasteiger partial charge on any atom is -0.444 e.